The lowest BCUT2D eigenvalue weighted by Gasteiger charge is -2.35. The second-order valence-electron chi connectivity index (χ2n) is 6.24. The first-order valence-electron chi connectivity index (χ1n) is 8.15. The van der Waals surface area contributed by atoms with E-state index in [1.165, 1.54) is 12.1 Å². The summed E-state index contributed by atoms with van der Waals surface area (Å²) in [7, 11) is 0. The Bertz CT molecular complexity index is 689. The van der Waals surface area contributed by atoms with Crippen molar-refractivity contribution in [3.63, 3.8) is 0 Å². The molecule has 0 radical (unpaired) electrons. The first kappa shape index (κ1) is 16.6. The van der Waals surface area contributed by atoms with Gasteiger partial charge >= 0.3 is 0 Å². The Morgan fingerprint density at radius 1 is 1.25 bits per heavy atom. The van der Waals surface area contributed by atoms with E-state index in [1.54, 1.807) is 18.3 Å². The Hall–Kier alpha value is -2.21. The molecule has 1 aromatic carbocycles. The van der Waals surface area contributed by atoms with Crippen LogP contribution in [0.3, 0.4) is 0 Å². The number of carbonyl (C=O) groups is 1. The van der Waals surface area contributed by atoms with Crippen molar-refractivity contribution in [3.8, 4) is 11.3 Å². The van der Waals surface area contributed by atoms with Crippen LogP contribution < -0.4 is 0 Å². The van der Waals surface area contributed by atoms with Gasteiger partial charge in [0, 0.05) is 30.6 Å². The molecule has 1 aromatic heterocycles. The van der Waals surface area contributed by atoms with Crippen LogP contribution in [0.4, 0.5) is 4.39 Å². The lowest BCUT2D eigenvalue weighted by atomic mass is 10.0. The number of amides is 1. The molecular weight excluding hydrogens is 311 g/mol. The van der Waals surface area contributed by atoms with Crippen LogP contribution in [0.15, 0.2) is 35.0 Å². The summed E-state index contributed by atoms with van der Waals surface area (Å²) < 4.78 is 24.0. The topological polar surface area (TPSA) is 55.6 Å². The standard InChI is InChI=1S/C18H21FN2O3/c1-12-10-21(11-13(2)23-12)17(22)8-5-15-9-20-24-18(15)14-3-6-16(19)7-4-14/h3-4,6-7,9,12-13H,5,8,10-11H2,1-2H3. The molecule has 3 rings (SSSR count). The summed E-state index contributed by atoms with van der Waals surface area (Å²) in [6, 6.07) is 6.05. The highest BCUT2D eigenvalue weighted by Crippen LogP contribution is 2.25. The molecule has 2 aromatic rings. The van der Waals surface area contributed by atoms with Gasteiger partial charge in [-0.2, -0.15) is 0 Å². The van der Waals surface area contributed by atoms with Gasteiger partial charge in [0.05, 0.1) is 18.4 Å². The summed E-state index contributed by atoms with van der Waals surface area (Å²) in [6.07, 6.45) is 2.66. The smallest absolute Gasteiger partial charge is 0.223 e. The van der Waals surface area contributed by atoms with Gasteiger partial charge in [-0.3, -0.25) is 4.79 Å². The fourth-order valence-corrected chi connectivity index (χ4v) is 3.06. The minimum atomic E-state index is -0.300. The van der Waals surface area contributed by atoms with Crippen molar-refractivity contribution in [1.82, 2.24) is 10.1 Å². The summed E-state index contributed by atoms with van der Waals surface area (Å²) in [5.41, 5.74) is 1.61. The van der Waals surface area contributed by atoms with Gasteiger partial charge in [-0.25, -0.2) is 4.39 Å². The third-order valence-electron chi connectivity index (χ3n) is 4.13. The van der Waals surface area contributed by atoms with Crippen molar-refractivity contribution in [2.45, 2.75) is 38.9 Å². The van der Waals surface area contributed by atoms with Crippen LogP contribution in [-0.2, 0) is 16.0 Å². The molecular formula is C18H21FN2O3. The Morgan fingerprint density at radius 2 is 1.92 bits per heavy atom. The molecule has 5 nitrogen and oxygen atoms in total. The van der Waals surface area contributed by atoms with Crippen molar-refractivity contribution >= 4 is 5.91 Å². The lowest BCUT2D eigenvalue weighted by Crippen LogP contribution is -2.48. The second-order valence-corrected chi connectivity index (χ2v) is 6.24. The maximum atomic E-state index is 13.0. The van der Waals surface area contributed by atoms with E-state index in [1.807, 2.05) is 18.7 Å². The molecule has 1 saturated heterocycles. The molecule has 0 saturated carbocycles. The number of ether oxygens (including phenoxy) is 1. The van der Waals surface area contributed by atoms with E-state index in [0.29, 0.717) is 31.7 Å². The molecule has 2 unspecified atom stereocenters. The predicted octanol–water partition coefficient (Wildman–Crippen LogP) is 3.05. The van der Waals surface area contributed by atoms with Gasteiger partial charge in [0.25, 0.3) is 0 Å². The number of benzene rings is 1. The maximum absolute atomic E-state index is 13.0. The summed E-state index contributed by atoms with van der Waals surface area (Å²) in [5, 5.41) is 3.82. The molecule has 128 valence electrons. The zero-order valence-corrected chi connectivity index (χ0v) is 13.9. The van der Waals surface area contributed by atoms with Crippen LogP contribution in [0, 0.1) is 5.82 Å². The third kappa shape index (κ3) is 3.82. The minimum absolute atomic E-state index is 0.0584. The summed E-state index contributed by atoms with van der Waals surface area (Å²) in [5.74, 6) is 0.389. The van der Waals surface area contributed by atoms with E-state index in [2.05, 4.69) is 5.16 Å². The van der Waals surface area contributed by atoms with Gasteiger partial charge in [-0.05, 0) is 44.5 Å². The molecule has 24 heavy (non-hydrogen) atoms. The van der Waals surface area contributed by atoms with Crippen LogP contribution in [0.1, 0.15) is 25.8 Å². The van der Waals surface area contributed by atoms with Crippen molar-refractivity contribution in [1.29, 1.82) is 0 Å². The Morgan fingerprint density at radius 3 is 2.58 bits per heavy atom. The molecule has 1 aliphatic heterocycles. The number of aromatic nitrogens is 1. The quantitative estimate of drug-likeness (QED) is 0.863. The van der Waals surface area contributed by atoms with Gasteiger partial charge in [-0.15, -0.1) is 0 Å². The molecule has 0 aliphatic carbocycles. The van der Waals surface area contributed by atoms with E-state index in [4.69, 9.17) is 9.26 Å². The van der Waals surface area contributed by atoms with E-state index in [9.17, 15) is 9.18 Å². The van der Waals surface area contributed by atoms with E-state index in [-0.39, 0.29) is 23.9 Å². The number of nitrogens with zero attached hydrogens (tertiary/aromatic N) is 2. The normalized spacial score (nSPS) is 21.0. The average Bonchev–Trinajstić information content (AvgIpc) is 3.01. The Labute approximate surface area is 140 Å². The zero-order valence-electron chi connectivity index (χ0n) is 13.9. The van der Waals surface area contributed by atoms with E-state index in [0.717, 1.165) is 11.1 Å². The first-order valence-corrected chi connectivity index (χ1v) is 8.15. The van der Waals surface area contributed by atoms with Crippen LogP contribution >= 0.6 is 0 Å². The van der Waals surface area contributed by atoms with Gasteiger partial charge in [-0.1, -0.05) is 5.16 Å². The fraction of sp³-hybridized carbons (Fsp3) is 0.444. The van der Waals surface area contributed by atoms with Crippen LogP contribution in [-0.4, -0.2) is 41.3 Å². The van der Waals surface area contributed by atoms with Gasteiger partial charge in [0.1, 0.15) is 5.82 Å². The number of rotatable bonds is 4. The highest BCUT2D eigenvalue weighted by Gasteiger charge is 2.25. The Kier molecular flexibility index (Phi) is 4.94. The fourth-order valence-electron chi connectivity index (χ4n) is 3.06. The third-order valence-corrected chi connectivity index (χ3v) is 4.13. The summed E-state index contributed by atoms with van der Waals surface area (Å²) in [6.45, 7) is 5.19. The van der Waals surface area contributed by atoms with Crippen molar-refractivity contribution in [2.24, 2.45) is 0 Å². The van der Waals surface area contributed by atoms with Gasteiger partial charge in [0.2, 0.25) is 5.91 Å². The molecule has 1 amide bonds. The summed E-state index contributed by atoms with van der Waals surface area (Å²) >= 11 is 0. The summed E-state index contributed by atoms with van der Waals surface area (Å²) in [4.78, 5) is 14.3. The molecule has 0 N–H and O–H groups in total. The highest BCUT2D eigenvalue weighted by molar-refractivity contribution is 5.77. The van der Waals surface area contributed by atoms with Crippen LogP contribution in [0.2, 0.25) is 0 Å². The highest BCUT2D eigenvalue weighted by atomic mass is 19.1. The number of morpholine rings is 1. The predicted molar refractivity (Wildman–Crippen MR) is 86.8 cm³/mol. The van der Waals surface area contributed by atoms with E-state index >= 15 is 0 Å². The molecule has 0 spiro atoms. The molecule has 6 heteroatoms. The number of halogens is 1. The lowest BCUT2D eigenvalue weighted by molar-refractivity contribution is -0.143. The molecule has 2 heterocycles. The van der Waals surface area contributed by atoms with Crippen LogP contribution in [0.5, 0.6) is 0 Å². The largest absolute Gasteiger partial charge is 0.372 e. The van der Waals surface area contributed by atoms with E-state index < -0.39 is 0 Å². The maximum Gasteiger partial charge on any atom is 0.223 e. The first-order chi connectivity index (χ1) is 11.5. The van der Waals surface area contributed by atoms with Gasteiger partial charge in [0.15, 0.2) is 5.76 Å². The molecule has 1 aliphatic rings. The number of hydrogen-bond donors (Lipinski definition) is 0. The molecule has 1 fully saturated rings. The average molecular weight is 332 g/mol. The number of hydrogen-bond acceptors (Lipinski definition) is 4. The molecule has 0 bridgehead atoms. The second kappa shape index (κ2) is 7.13. The monoisotopic (exact) mass is 332 g/mol. The van der Waals surface area contributed by atoms with Crippen LogP contribution in [0.25, 0.3) is 11.3 Å². The zero-order chi connectivity index (χ0) is 17.1. The number of carbonyl (C=O) groups excluding carboxylic acids is 1. The molecule has 2 atom stereocenters. The van der Waals surface area contributed by atoms with Crippen molar-refractivity contribution in [3.05, 3.63) is 41.8 Å². The van der Waals surface area contributed by atoms with Crippen molar-refractivity contribution < 1.29 is 18.4 Å². The van der Waals surface area contributed by atoms with Crippen molar-refractivity contribution in [2.75, 3.05) is 13.1 Å². The minimum Gasteiger partial charge on any atom is -0.372 e. The Balaban J connectivity index is 1.64. The SMILES string of the molecule is CC1CN(C(=O)CCc2cnoc2-c2ccc(F)cc2)CC(C)O1. The number of aryl methyl sites for hydroxylation is 1. The van der Waals surface area contributed by atoms with Gasteiger partial charge < -0.3 is 14.2 Å².